The number of nitrogens with one attached hydrogen (secondary N) is 1. The highest BCUT2D eigenvalue weighted by Gasteiger charge is 2.38. The number of nitrogens with zero attached hydrogens (tertiary/aromatic N) is 5. The summed E-state index contributed by atoms with van der Waals surface area (Å²) in [5.74, 6) is 1.42. The van der Waals surface area contributed by atoms with E-state index in [1.807, 2.05) is 0 Å². The summed E-state index contributed by atoms with van der Waals surface area (Å²) in [5.41, 5.74) is 6.35. The van der Waals surface area contributed by atoms with Crippen molar-refractivity contribution in [1.29, 1.82) is 0 Å². The molecule has 0 radical (unpaired) electrons. The third-order valence-electron chi connectivity index (χ3n) is 6.21. The third kappa shape index (κ3) is 3.89. The Kier molecular flexibility index (Phi) is 4.91. The van der Waals surface area contributed by atoms with Crippen LogP contribution < -0.4 is 10.7 Å². The maximum absolute atomic E-state index is 13.3. The number of aromatic nitrogens is 3. The molecular weight excluding hydrogens is 401 g/mol. The van der Waals surface area contributed by atoms with Gasteiger partial charge in [-0.15, -0.1) is 0 Å². The topological polar surface area (TPSA) is 121 Å². The summed E-state index contributed by atoms with van der Waals surface area (Å²) in [4.78, 5) is 31.4. The van der Waals surface area contributed by atoms with Crippen LogP contribution in [0.5, 0.6) is 0 Å². The van der Waals surface area contributed by atoms with Gasteiger partial charge in [0.15, 0.2) is 5.82 Å². The Labute approximate surface area is 178 Å². The van der Waals surface area contributed by atoms with Gasteiger partial charge in [-0.05, 0) is 49.9 Å². The van der Waals surface area contributed by atoms with Gasteiger partial charge in [-0.1, -0.05) is 0 Å². The molecule has 3 N–H and O–H groups in total. The highest BCUT2D eigenvalue weighted by atomic mass is 19.1. The van der Waals surface area contributed by atoms with Crippen molar-refractivity contribution in [3.63, 3.8) is 0 Å². The van der Waals surface area contributed by atoms with E-state index in [2.05, 4.69) is 20.3 Å². The molecule has 2 aliphatic heterocycles. The molecule has 1 unspecified atom stereocenters. The van der Waals surface area contributed by atoms with Crippen molar-refractivity contribution in [2.45, 2.75) is 50.0 Å². The van der Waals surface area contributed by atoms with Crippen LogP contribution in [0.3, 0.4) is 0 Å². The highest BCUT2D eigenvalue weighted by molar-refractivity contribution is 6.40. The number of benzene rings is 1. The number of hydrazone groups is 1. The van der Waals surface area contributed by atoms with Crippen molar-refractivity contribution in [3.8, 4) is 0 Å². The quantitative estimate of drug-likeness (QED) is 0.755. The molecule has 3 heterocycles. The van der Waals surface area contributed by atoms with Gasteiger partial charge in [0.05, 0.1) is 5.69 Å². The molecule has 1 aromatic heterocycles. The number of rotatable bonds is 5. The number of primary amides is 1. The number of likely N-dealkylation sites (tertiary alicyclic amines) is 1. The van der Waals surface area contributed by atoms with Crippen molar-refractivity contribution in [2.75, 3.05) is 18.1 Å². The fourth-order valence-corrected chi connectivity index (χ4v) is 4.23. The predicted molar refractivity (Wildman–Crippen MR) is 111 cm³/mol. The predicted octanol–water partition coefficient (Wildman–Crippen LogP) is 1.65. The molecule has 0 bridgehead atoms. The van der Waals surface area contributed by atoms with Gasteiger partial charge in [-0.3, -0.25) is 19.7 Å². The van der Waals surface area contributed by atoms with Crippen molar-refractivity contribution >= 4 is 23.2 Å². The van der Waals surface area contributed by atoms with Gasteiger partial charge in [-0.2, -0.15) is 10.2 Å². The second-order valence-electron chi connectivity index (χ2n) is 8.41. The van der Waals surface area contributed by atoms with Crippen molar-refractivity contribution < 1.29 is 14.0 Å². The molecule has 5 rings (SSSR count). The second-order valence-corrected chi connectivity index (χ2v) is 8.41. The Balaban J connectivity index is 1.25. The van der Waals surface area contributed by atoms with E-state index in [4.69, 9.17) is 5.73 Å². The Bertz CT molecular complexity index is 1020. The van der Waals surface area contributed by atoms with Crippen LogP contribution in [0.2, 0.25) is 0 Å². The molecule has 1 aromatic carbocycles. The first-order valence-electron chi connectivity index (χ1n) is 10.6. The minimum Gasteiger partial charge on any atom is -0.368 e. The van der Waals surface area contributed by atoms with Gasteiger partial charge in [-0.25, -0.2) is 9.37 Å². The molecule has 2 amide bonds. The van der Waals surface area contributed by atoms with Crippen LogP contribution in [0.25, 0.3) is 0 Å². The fourth-order valence-electron chi connectivity index (χ4n) is 4.23. The van der Waals surface area contributed by atoms with Crippen molar-refractivity contribution in [2.24, 2.45) is 10.8 Å². The number of carbonyl (C=O) groups excluding carboxylic acids is 2. The van der Waals surface area contributed by atoms with E-state index < -0.39 is 17.8 Å². The zero-order chi connectivity index (χ0) is 21.5. The Morgan fingerprint density at radius 3 is 2.42 bits per heavy atom. The molecule has 1 aliphatic carbocycles. The Morgan fingerprint density at radius 1 is 1.06 bits per heavy atom. The second kappa shape index (κ2) is 7.75. The van der Waals surface area contributed by atoms with E-state index in [0.717, 1.165) is 37.3 Å². The van der Waals surface area contributed by atoms with E-state index >= 15 is 0 Å². The Morgan fingerprint density at radius 2 is 1.77 bits per heavy atom. The molecule has 162 valence electrons. The molecule has 2 fully saturated rings. The smallest absolute Gasteiger partial charge is 0.270 e. The first kappa shape index (κ1) is 19.7. The number of H-pyrrole nitrogens is 1. The SMILES string of the molecule is NC(=O)C1CC(C(=O)N2CCC(c3nc(C4CC4)n[nH]3)CC2)=NN1c1ccc(F)cc1. The van der Waals surface area contributed by atoms with Gasteiger partial charge < -0.3 is 10.6 Å². The number of amides is 2. The number of halogens is 1. The molecule has 31 heavy (non-hydrogen) atoms. The van der Waals surface area contributed by atoms with Gasteiger partial charge in [0.25, 0.3) is 5.91 Å². The van der Waals surface area contributed by atoms with Crippen LogP contribution in [0.1, 0.15) is 55.6 Å². The minimum atomic E-state index is -0.767. The minimum absolute atomic E-state index is 0.137. The number of anilines is 1. The summed E-state index contributed by atoms with van der Waals surface area (Å²) in [6.07, 6.45) is 4.04. The molecule has 0 spiro atoms. The molecule has 3 aliphatic rings. The van der Waals surface area contributed by atoms with Gasteiger partial charge in [0.2, 0.25) is 5.91 Å². The van der Waals surface area contributed by atoms with Crippen molar-refractivity contribution in [3.05, 3.63) is 41.7 Å². The van der Waals surface area contributed by atoms with E-state index in [0.29, 0.717) is 30.4 Å². The maximum Gasteiger partial charge on any atom is 0.270 e. The average Bonchev–Trinajstić information content (AvgIpc) is 3.33. The standard InChI is InChI=1S/C21H24FN7O2/c22-14-3-5-15(6-4-14)29-17(18(23)30)11-16(27-29)21(31)28-9-7-13(8-10-28)20-24-19(25-26-20)12-1-2-12/h3-6,12-13,17H,1-2,7-11H2,(H2,23,30)(H,24,25,26). The van der Waals surface area contributed by atoms with Crippen LogP contribution in [-0.4, -0.2) is 56.7 Å². The maximum atomic E-state index is 13.3. The Hall–Kier alpha value is -3.30. The summed E-state index contributed by atoms with van der Waals surface area (Å²) in [5, 5.41) is 13.2. The first-order valence-corrected chi connectivity index (χ1v) is 10.6. The van der Waals surface area contributed by atoms with E-state index in [1.54, 1.807) is 4.90 Å². The number of aromatic amines is 1. The van der Waals surface area contributed by atoms with Crippen molar-refractivity contribution in [1.82, 2.24) is 20.1 Å². The zero-order valence-corrected chi connectivity index (χ0v) is 17.0. The lowest BCUT2D eigenvalue weighted by molar-refractivity contribution is -0.125. The highest BCUT2D eigenvalue weighted by Crippen LogP contribution is 2.38. The van der Waals surface area contributed by atoms with Crippen LogP contribution >= 0.6 is 0 Å². The third-order valence-corrected chi connectivity index (χ3v) is 6.21. The average molecular weight is 425 g/mol. The zero-order valence-electron chi connectivity index (χ0n) is 17.0. The number of carbonyl (C=O) groups is 2. The van der Waals surface area contributed by atoms with Gasteiger partial charge in [0.1, 0.15) is 23.4 Å². The molecule has 9 nitrogen and oxygen atoms in total. The lowest BCUT2D eigenvalue weighted by Gasteiger charge is -2.30. The summed E-state index contributed by atoms with van der Waals surface area (Å²) in [6.45, 7) is 1.17. The molecule has 1 saturated carbocycles. The monoisotopic (exact) mass is 425 g/mol. The summed E-state index contributed by atoms with van der Waals surface area (Å²) < 4.78 is 13.3. The molecule has 1 atom stereocenters. The lowest BCUT2D eigenvalue weighted by atomic mass is 9.95. The number of hydrogen-bond acceptors (Lipinski definition) is 6. The first-order chi connectivity index (χ1) is 15.0. The van der Waals surface area contributed by atoms with Gasteiger partial charge in [0, 0.05) is 31.3 Å². The number of hydrogen-bond donors (Lipinski definition) is 2. The number of nitrogens with two attached hydrogens (primary N) is 1. The number of piperidine rings is 1. The van der Waals surface area contributed by atoms with Crippen LogP contribution in [0, 0.1) is 5.82 Å². The van der Waals surface area contributed by atoms with E-state index in [9.17, 15) is 14.0 Å². The fraction of sp³-hybridized carbons (Fsp3) is 0.476. The summed E-state index contributed by atoms with van der Waals surface area (Å²) >= 11 is 0. The normalized spacial score (nSPS) is 22.0. The van der Waals surface area contributed by atoms with Crippen LogP contribution in [-0.2, 0) is 9.59 Å². The lowest BCUT2D eigenvalue weighted by Crippen LogP contribution is -2.42. The van der Waals surface area contributed by atoms with Gasteiger partial charge >= 0.3 is 0 Å². The largest absolute Gasteiger partial charge is 0.368 e. The summed E-state index contributed by atoms with van der Waals surface area (Å²) in [7, 11) is 0. The van der Waals surface area contributed by atoms with Crippen LogP contribution in [0.15, 0.2) is 29.4 Å². The molecule has 2 aromatic rings. The summed E-state index contributed by atoms with van der Waals surface area (Å²) in [6, 6.07) is 4.83. The van der Waals surface area contributed by atoms with E-state index in [-0.39, 0.29) is 18.2 Å². The molecule has 1 saturated heterocycles. The molecular formula is C21H24FN7O2. The van der Waals surface area contributed by atoms with Crippen LogP contribution in [0.4, 0.5) is 10.1 Å². The molecule has 10 heteroatoms. The van der Waals surface area contributed by atoms with E-state index in [1.165, 1.54) is 29.3 Å².